The van der Waals surface area contributed by atoms with Gasteiger partial charge in [0.25, 0.3) is 0 Å². The molecule has 0 spiro atoms. The maximum atomic E-state index is 9.19. The average Bonchev–Trinajstić information content (AvgIpc) is 2.02. The monoisotopic (exact) mass is 188 g/mol. The quantitative estimate of drug-likeness (QED) is 0.347. The normalized spacial score (nSPS) is 12.9. The fourth-order valence-electron chi connectivity index (χ4n) is 1.22. The third-order valence-corrected chi connectivity index (χ3v) is 1.91. The molecule has 0 aromatic carbocycles. The Kier molecular flexibility index (Phi) is 8.50. The lowest BCUT2D eigenvalue weighted by Crippen LogP contribution is -2.23. The number of rotatable bonds is 8. The minimum atomic E-state index is -0.870. The van der Waals surface area contributed by atoms with Crippen molar-refractivity contribution in [2.45, 2.75) is 58.6 Å². The van der Waals surface area contributed by atoms with Crippen LogP contribution in [0.1, 0.15) is 46.0 Å². The van der Waals surface area contributed by atoms with E-state index in [1.54, 1.807) is 0 Å². The van der Waals surface area contributed by atoms with Gasteiger partial charge in [-0.25, -0.2) is 0 Å². The van der Waals surface area contributed by atoms with Gasteiger partial charge in [0.15, 0.2) is 0 Å². The molecule has 0 aliphatic rings. The van der Waals surface area contributed by atoms with Crippen molar-refractivity contribution in [2.24, 2.45) is 0 Å². The van der Waals surface area contributed by atoms with Gasteiger partial charge in [-0.05, 0) is 13.2 Å². The highest BCUT2D eigenvalue weighted by Crippen LogP contribution is 2.07. The van der Waals surface area contributed by atoms with Gasteiger partial charge in [-0.3, -0.25) is 0 Å². The first-order chi connectivity index (χ1) is 6.16. The highest BCUT2D eigenvalue weighted by atomic mass is 16.6. The molecule has 2 N–H and O–H groups in total. The van der Waals surface area contributed by atoms with Gasteiger partial charge in [-0.2, -0.15) is 0 Å². The van der Waals surface area contributed by atoms with Crippen LogP contribution in [0, 0.1) is 0 Å². The first kappa shape index (κ1) is 12.9. The zero-order chi connectivity index (χ0) is 10.1. The van der Waals surface area contributed by atoms with Crippen LogP contribution in [0.15, 0.2) is 0 Å². The van der Waals surface area contributed by atoms with Crippen molar-refractivity contribution in [1.29, 1.82) is 0 Å². The van der Waals surface area contributed by atoms with Crippen molar-refractivity contribution in [1.82, 2.24) is 0 Å². The molecule has 0 aromatic heterocycles. The Hall–Kier alpha value is -0.0551. The molecule has 0 amide bonds. The largest absolute Gasteiger partial charge is 0.455 e. The zero-order valence-electron chi connectivity index (χ0n) is 8.70. The molecule has 0 aromatic rings. The van der Waals surface area contributed by atoms with E-state index in [1.165, 1.54) is 26.2 Å². The number of hydrogen-bond donors (Lipinski definition) is 2. The molecule has 0 aliphatic heterocycles. The molecule has 0 heterocycles. The van der Waals surface area contributed by atoms with Gasteiger partial charge >= 0.3 is 7.12 Å². The van der Waals surface area contributed by atoms with Crippen molar-refractivity contribution >= 4 is 7.12 Å². The highest BCUT2D eigenvalue weighted by molar-refractivity contribution is 6.42. The summed E-state index contributed by atoms with van der Waals surface area (Å²) in [6, 6.07) is 0. The molecule has 1 atom stereocenters. The van der Waals surface area contributed by atoms with Crippen LogP contribution in [0.25, 0.3) is 0 Å². The van der Waals surface area contributed by atoms with Crippen molar-refractivity contribution in [3.05, 3.63) is 0 Å². The number of aliphatic hydroxyl groups excluding tert-OH is 1. The van der Waals surface area contributed by atoms with Crippen LogP contribution in [0.5, 0.6) is 0 Å². The molecule has 0 bridgehead atoms. The summed E-state index contributed by atoms with van der Waals surface area (Å²) in [6.07, 6.45) is 5.56. The minimum absolute atomic E-state index is 0.620. The molecular weight excluding hydrogens is 167 g/mol. The summed E-state index contributed by atoms with van der Waals surface area (Å²) >= 11 is 0. The van der Waals surface area contributed by atoms with Crippen molar-refractivity contribution in [3.8, 4) is 0 Å². The molecule has 0 rings (SSSR count). The molecule has 4 heteroatoms. The molecule has 78 valence electrons. The number of unbranched alkanes of at least 4 members (excludes halogenated alkanes) is 4. The van der Waals surface area contributed by atoms with Crippen LogP contribution in [0.3, 0.4) is 0 Å². The van der Waals surface area contributed by atoms with E-state index in [1.807, 2.05) is 0 Å². The van der Waals surface area contributed by atoms with E-state index < -0.39 is 13.4 Å². The maximum Gasteiger partial charge on any atom is 0.455 e. The second kappa shape index (κ2) is 8.54. The van der Waals surface area contributed by atoms with Gasteiger partial charge in [-0.1, -0.05) is 39.0 Å². The van der Waals surface area contributed by atoms with E-state index in [0.29, 0.717) is 6.32 Å². The fourth-order valence-corrected chi connectivity index (χ4v) is 1.22. The fraction of sp³-hybridized carbons (Fsp3) is 1.00. The predicted molar refractivity (Wildman–Crippen MR) is 54.3 cm³/mol. The zero-order valence-corrected chi connectivity index (χ0v) is 8.70. The molecule has 0 radical (unpaired) electrons. The van der Waals surface area contributed by atoms with Crippen LogP contribution in [0.2, 0.25) is 6.32 Å². The maximum absolute atomic E-state index is 9.19. The molecule has 0 saturated heterocycles. The number of aliphatic hydroxyl groups is 1. The SMILES string of the molecule is CCCCCCCB(O)OC(C)O. The lowest BCUT2D eigenvalue weighted by atomic mass is 9.82. The van der Waals surface area contributed by atoms with Crippen LogP contribution in [-0.4, -0.2) is 23.5 Å². The van der Waals surface area contributed by atoms with E-state index >= 15 is 0 Å². The van der Waals surface area contributed by atoms with E-state index in [9.17, 15) is 5.02 Å². The minimum Gasteiger partial charge on any atom is -0.427 e. The summed E-state index contributed by atoms with van der Waals surface area (Å²) in [4.78, 5) is 0. The van der Waals surface area contributed by atoms with E-state index in [0.717, 1.165) is 12.8 Å². The summed E-state index contributed by atoms with van der Waals surface area (Å²) in [5, 5.41) is 18.0. The molecule has 0 saturated carbocycles. The van der Waals surface area contributed by atoms with E-state index in [-0.39, 0.29) is 0 Å². The molecular formula is C9H21BO3. The summed E-state index contributed by atoms with van der Waals surface area (Å²) in [6.45, 7) is 3.67. The van der Waals surface area contributed by atoms with Crippen molar-refractivity contribution < 1.29 is 14.8 Å². The lowest BCUT2D eigenvalue weighted by molar-refractivity contribution is -0.0159. The first-order valence-corrected chi connectivity index (χ1v) is 5.18. The first-order valence-electron chi connectivity index (χ1n) is 5.18. The van der Waals surface area contributed by atoms with Crippen LogP contribution >= 0.6 is 0 Å². The third-order valence-electron chi connectivity index (χ3n) is 1.91. The van der Waals surface area contributed by atoms with Crippen molar-refractivity contribution in [3.63, 3.8) is 0 Å². The van der Waals surface area contributed by atoms with Crippen LogP contribution in [0.4, 0.5) is 0 Å². The molecule has 0 fully saturated rings. The topological polar surface area (TPSA) is 49.7 Å². The lowest BCUT2D eigenvalue weighted by Gasteiger charge is -2.09. The Morgan fingerprint density at radius 3 is 2.38 bits per heavy atom. The Bertz CT molecular complexity index is 109. The third kappa shape index (κ3) is 9.86. The van der Waals surface area contributed by atoms with E-state index in [4.69, 9.17) is 9.76 Å². The summed E-state index contributed by atoms with van der Waals surface area (Å²) in [7, 11) is -0.804. The Morgan fingerprint density at radius 2 is 1.85 bits per heavy atom. The summed E-state index contributed by atoms with van der Waals surface area (Å²) in [5.74, 6) is 0. The van der Waals surface area contributed by atoms with Gasteiger partial charge in [0, 0.05) is 0 Å². The standard InChI is InChI=1S/C9H21BO3/c1-3-4-5-6-7-8-10(12)13-9(2)11/h9,11-12H,3-8H2,1-2H3. The molecule has 3 nitrogen and oxygen atoms in total. The second-order valence-electron chi connectivity index (χ2n) is 3.39. The Balaban J connectivity index is 3.12. The Labute approximate surface area is 81.3 Å². The van der Waals surface area contributed by atoms with Crippen LogP contribution < -0.4 is 0 Å². The smallest absolute Gasteiger partial charge is 0.427 e. The second-order valence-corrected chi connectivity index (χ2v) is 3.39. The van der Waals surface area contributed by atoms with Crippen molar-refractivity contribution in [2.75, 3.05) is 0 Å². The van der Waals surface area contributed by atoms with Gasteiger partial charge in [0.2, 0.25) is 0 Å². The van der Waals surface area contributed by atoms with Gasteiger partial charge in [-0.15, -0.1) is 0 Å². The Morgan fingerprint density at radius 1 is 1.23 bits per heavy atom. The van der Waals surface area contributed by atoms with E-state index in [2.05, 4.69) is 6.92 Å². The number of hydrogen-bond acceptors (Lipinski definition) is 3. The highest BCUT2D eigenvalue weighted by Gasteiger charge is 2.14. The average molecular weight is 188 g/mol. The van der Waals surface area contributed by atoms with Crippen LogP contribution in [-0.2, 0) is 4.65 Å². The molecule has 0 aliphatic carbocycles. The summed E-state index contributed by atoms with van der Waals surface area (Å²) in [5.41, 5.74) is 0. The van der Waals surface area contributed by atoms with Gasteiger partial charge < -0.3 is 14.8 Å². The van der Waals surface area contributed by atoms with Gasteiger partial charge in [0.05, 0.1) is 0 Å². The molecule has 1 unspecified atom stereocenters. The predicted octanol–water partition coefficient (Wildman–Crippen LogP) is 1.79. The summed E-state index contributed by atoms with van der Waals surface area (Å²) < 4.78 is 4.77. The van der Waals surface area contributed by atoms with Gasteiger partial charge in [0.1, 0.15) is 6.29 Å². The molecule has 13 heavy (non-hydrogen) atoms.